The Morgan fingerprint density at radius 1 is 1.26 bits per heavy atom. The van der Waals surface area contributed by atoms with Gasteiger partial charge in [-0.3, -0.25) is 14.6 Å². The number of hydrogen-bond acceptors (Lipinski definition) is 6. The molecule has 31 heavy (non-hydrogen) atoms. The van der Waals surface area contributed by atoms with Crippen LogP contribution in [0.15, 0.2) is 47.3 Å². The number of amides is 2. The Kier molecular flexibility index (Phi) is 4.94. The van der Waals surface area contributed by atoms with Gasteiger partial charge < -0.3 is 19.4 Å². The van der Waals surface area contributed by atoms with Crippen molar-refractivity contribution in [2.24, 2.45) is 5.92 Å². The number of nitrogens with zero attached hydrogens (tertiary/aromatic N) is 3. The molecule has 3 aromatic rings. The molecular weight excluding hydrogens is 396 g/mol. The van der Waals surface area contributed by atoms with Gasteiger partial charge in [0.25, 0.3) is 11.8 Å². The first-order chi connectivity index (χ1) is 15.0. The molecule has 8 nitrogen and oxygen atoms in total. The summed E-state index contributed by atoms with van der Waals surface area (Å²) in [5.41, 5.74) is 1.65. The molecular formula is C23H24N4O4. The number of para-hydroxylation sites is 1. The highest BCUT2D eigenvalue weighted by Gasteiger charge is 2.49. The molecule has 0 bridgehead atoms. The van der Waals surface area contributed by atoms with E-state index in [4.69, 9.17) is 9.15 Å². The highest BCUT2D eigenvalue weighted by Crippen LogP contribution is 2.37. The molecule has 1 aromatic carbocycles. The zero-order valence-electron chi connectivity index (χ0n) is 17.3. The maximum atomic E-state index is 12.9. The summed E-state index contributed by atoms with van der Waals surface area (Å²) in [4.78, 5) is 34.8. The lowest BCUT2D eigenvalue weighted by Crippen LogP contribution is -2.66. The molecule has 2 aromatic heterocycles. The molecule has 2 amide bonds. The molecule has 4 heterocycles. The van der Waals surface area contributed by atoms with Crippen molar-refractivity contribution in [3.63, 3.8) is 0 Å². The number of benzene rings is 1. The number of likely N-dealkylation sites (tertiary alicyclic amines) is 1. The average Bonchev–Trinajstić information content (AvgIpc) is 3.13. The van der Waals surface area contributed by atoms with Gasteiger partial charge in [0, 0.05) is 29.9 Å². The van der Waals surface area contributed by atoms with Crippen molar-refractivity contribution in [2.45, 2.75) is 25.4 Å². The van der Waals surface area contributed by atoms with Gasteiger partial charge in [-0.05, 0) is 31.7 Å². The number of furan rings is 1. The summed E-state index contributed by atoms with van der Waals surface area (Å²) in [6, 6.07) is 7.69. The van der Waals surface area contributed by atoms with E-state index in [0.29, 0.717) is 37.7 Å². The van der Waals surface area contributed by atoms with Gasteiger partial charge in [-0.1, -0.05) is 18.2 Å². The van der Waals surface area contributed by atoms with Gasteiger partial charge in [-0.25, -0.2) is 4.98 Å². The van der Waals surface area contributed by atoms with Crippen molar-refractivity contribution in [1.82, 2.24) is 20.2 Å². The van der Waals surface area contributed by atoms with Crippen LogP contribution < -0.4 is 5.32 Å². The van der Waals surface area contributed by atoms with Crippen molar-refractivity contribution in [2.75, 3.05) is 26.2 Å². The Hall–Kier alpha value is -3.26. The molecule has 8 heteroatoms. The fourth-order valence-corrected chi connectivity index (χ4v) is 4.39. The van der Waals surface area contributed by atoms with Gasteiger partial charge in [-0.15, -0.1) is 0 Å². The highest BCUT2D eigenvalue weighted by atomic mass is 16.5. The molecule has 5 rings (SSSR count). The minimum atomic E-state index is -0.277. The molecule has 1 N–H and O–H groups in total. The van der Waals surface area contributed by atoms with Crippen LogP contribution in [-0.2, 0) is 4.74 Å². The van der Waals surface area contributed by atoms with E-state index in [9.17, 15) is 9.59 Å². The Bertz CT molecular complexity index is 1110. The SMILES string of the molecule is Cc1c(C(=O)N2CC3(CC[C@H](CNC(=O)c4cnccn4)CO3)C2)oc2ccccc12. The standard InChI is InChI=1S/C23H24N4O4/c1-15-17-4-2-3-5-19(17)31-20(15)22(29)27-13-23(14-27)7-6-16(12-30-23)10-26-21(28)18-11-24-8-9-25-18/h2-5,8-9,11,16H,6-7,10,12-14H2,1H3,(H,26,28)/t16-/m1/s1. The summed E-state index contributed by atoms with van der Waals surface area (Å²) >= 11 is 0. The van der Waals surface area contributed by atoms with Crippen LogP contribution in [0.4, 0.5) is 0 Å². The van der Waals surface area contributed by atoms with Gasteiger partial charge in [0.15, 0.2) is 5.76 Å². The predicted molar refractivity (Wildman–Crippen MR) is 113 cm³/mol. The first-order valence-electron chi connectivity index (χ1n) is 10.5. The van der Waals surface area contributed by atoms with Crippen LogP contribution in [0.2, 0.25) is 0 Å². The summed E-state index contributed by atoms with van der Waals surface area (Å²) in [5.74, 6) is 0.348. The van der Waals surface area contributed by atoms with Crippen molar-refractivity contribution < 1.29 is 18.7 Å². The van der Waals surface area contributed by atoms with Crippen molar-refractivity contribution >= 4 is 22.8 Å². The van der Waals surface area contributed by atoms with Crippen LogP contribution in [0, 0.1) is 12.8 Å². The molecule has 160 valence electrons. The normalized spacial score (nSPS) is 19.9. The lowest BCUT2D eigenvalue weighted by Gasteiger charge is -2.52. The third-order valence-corrected chi connectivity index (χ3v) is 6.26. The first-order valence-corrected chi connectivity index (χ1v) is 10.5. The van der Waals surface area contributed by atoms with E-state index in [1.807, 2.05) is 31.2 Å². The molecule has 1 spiro atoms. The third kappa shape index (κ3) is 3.67. The molecule has 0 radical (unpaired) electrons. The number of hydrogen-bond donors (Lipinski definition) is 1. The van der Waals surface area contributed by atoms with E-state index < -0.39 is 0 Å². The number of carbonyl (C=O) groups excluding carboxylic acids is 2. The molecule has 2 fully saturated rings. The van der Waals surface area contributed by atoms with Crippen molar-refractivity contribution in [3.8, 4) is 0 Å². The monoisotopic (exact) mass is 420 g/mol. The number of carbonyl (C=O) groups is 2. The average molecular weight is 420 g/mol. The number of rotatable bonds is 4. The van der Waals surface area contributed by atoms with Gasteiger partial charge in [0.2, 0.25) is 0 Å². The van der Waals surface area contributed by atoms with Gasteiger partial charge in [-0.2, -0.15) is 0 Å². The third-order valence-electron chi connectivity index (χ3n) is 6.26. The highest BCUT2D eigenvalue weighted by molar-refractivity contribution is 5.99. The first kappa shape index (κ1) is 19.7. The Morgan fingerprint density at radius 2 is 2.10 bits per heavy atom. The summed E-state index contributed by atoms with van der Waals surface area (Å²) in [7, 11) is 0. The molecule has 0 saturated carbocycles. The fourth-order valence-electron chi connectivity index (χ4n) is 4.39. The quantitative estimate of drug-likeness (QED) is 0.697. The second kappa shape index (κ2) is 7.77. The maximum absolute atomic E-state index is 12.9. The summed E-state index contributed by atoms with van der Waals surface area (Å²) in [6.45, 7) is 4.16. The molecule has 0 unspecified atom stereocenters. The number of aromatic nitrogens is 2. The van der Waals surface area contributed by atoms with Crippen LogP contribution in [0.1, 0.15) is 39.4 Å². The minimum absolute atomic E-state index is 0.0821. The Balaban J connectivity index is 1.13. The number of nitrogens with one attached hydrogen (secondary N) is 1. The Morgan fingerprint density at radius 3 is 2.81 bits per heavy atom. The van der Waals surface area contributed by atoms with Crippen molar-refractivity contribution in [3.05, 3.63) is 59.9 Å². The van der Waals surface area contributed by atoms with E-state index in [1.165, 1.54) is 18.6 Å². The predicted octanol–water partition coefficient (Wildman–Crippen LogP) is 2.58. The van der Waals surface area contributed by atoms with Gasteiger partial charge in [0.05, 0.1) is 25.9 Å². The van der Waals surface area contributed by atoms with Crippen molar-refractivity contribution in [1.29, 1.82) is 0 Å². The molecule has 2 aliphatic rings. The van der Waals surface area contributed by atoms with Crippen LogP contribution >= 0.6 is 0 Å². The lowest BCUT2D eigenvalue weighted by atomic mass is 9.82. The van der Waals surface area contributed by atoms with E-state index in [-0.39, 0.29) is 23.3 Å². The van der Waals surface area contributed by atoms with Gasteiger partial charge in [0.1, 0.15) is 16.9 Å². The van der Waals surface area contributed by atoms with Crippen LogP contribution in [-0.4, -0.2) is 58.5 Å². The number of fused-ring (bicyclic) bond motifs is 1. The smallest absolute Gasteiger partial charge is 0.290 e. The largest absolute Gasteiger partial charge is 0.451 e. The summed E-state index contributed by atoms with van der Waals surface area (Å²) in [6.07, 6.45) is 6.28. The van der Waals surface area contributed by atoms with E-state index in [0.717, 1.165) is 29.4 Å². The molecule has 2 aliphatic heterocycles. The molecule has 0 aliphatic carbocycles. The van der Waals surface area contributed by atoms with E-state index >= 15 is 0 Å². The second-order valence-corrected chi connectivity index (χ2v) is 8.41. The second-order valence-electron chi connectivity index (χ2n) is 8.41. The topological polar surface area (TPSA) is 97.6 Å². The Labute approximate surface area is 179 Å². The van der Waals surface area contributed by atoms with Crippen LogP contribution in [0.25, 0.3) is 11.0 Å². The number of aryl methyl sites for hydroxylation is 1. The van der Waals surface area contributed by atoms with E-state index in [2.05, 4.69) is 15.3 Å². The van der Waals surface area contributed by atoms with Crippen LogP contribution in [0.5, 0.6) is 0 Å². The van der Waals surface area contributed by atoms with E-state index in [1.54, 1.807) is 4.90 Å². The molecule has 1 atom stereocenters. The number of ether oxygens (including phenoxy) is 1. The zero-order valence-corrected chi connectivity index (χ0v) is 17.3. The van der Waals surface area contributed by atoms with Gasteiger partial charge >= 0.3 is 0 Å². The van der Waals surface area contributed by atoms with Crippen LogP contribution in [0.3, 0.4) is 0 Å². The lowest BCUT2D eigenvalue weighted by molar-refractivity contribution is -0.166. The zero-order chi connectivity index (χ0) is 21.4. The summed E-state index contributed by atoms with van der Waals surface area (Å²) < 4.78 is 12.0. The fraction of sp³-hybridized carbons (Fsp3) is 0.391. The summed E-state index contributed by atoms with van der Waals surface area (Å²) in [5, 5.41) is 3.87. The minimum Gasteiger partial charge on any atom is -0.451 e. The molecule has 2 saturated heterocycles. The maximum Gasteiger partial charge on any atom is 0.290 e.